The van der Waals surface area contributed by atoms with Gasteiger partial charge in [0.25, 0.3) is 5.91 Å². The van der Waals surface area contributed by atoms with Crippen LogP contribution in [0.5, 0.6) is 0 Å². The van der Waals surface area contributed by atoms with Gasteiger partial charge >= 0.3 is 61.6 Å². The monoisotopic (exact) mass is 1500 g/mol. The predicted octanol–water partition coefficient (Wildman–Crippen LogP) is 12.4. The molecule has 0 aromatic heterocycles. The maximum absolute atomic E-state index is 14.4. The number of aromatic carboxylic acids is 1. The fraction of sp³-hybridized carbons (Fsp3) is 0.600. The number of hydrogen-bond acceptors (Lipinski definition) is 18. The number of carbonyl (C=O) groups excluding carboxylic acids is 1. The van der Waals surface area contributed by atoms with Crippen LogP contribution in [0.3, 0.4) is 0 Å². The van der Waals surface area contributed by atoms with E-state index in [2.05, 4.69) is 132 Å². The van der Waals surface area contributed by atoms with Crippen LogP contribution in [0.1, 0.15) is 180 Å². The Bertz CT molecular complexity index is 3140. The molecular formula is C65H113B2F9N10O11P2S. The number of quaternary nitrogens is 1. The minimum absolute atomic E-state index is 0. The second-order valence-corrected chi connectivity index (χ2v) is 31.8. The SMILES string of the molecule is C1CCNC1.CCN(C(C)C)C(C)C.CC[C@@H](CNC(=O)c1ccc2c(c1F)B(O)OC2)C(C)(C)C.CC[C@@H](N[NH3+])C(C)(C)C.Cc1ccc(S(=O)(=O)[O-])cc1.F[P-](F)(F)(F)(F)F.N.Nc1ccccc1NO[PH+](N1CCCC1)N1CCCC1.O=C(O)c1ccc2c(c1F)B(O)OC2.[2H]CF. The number of halogens is 9. The van der Waals surface area contributed by atoms with Gasteiger partial charge in [-0.05, 0) is 163 Å². The number of nitrogens with two attached hydrogens (primary N) is 1. The zero-order valence-corrected chi connectivity index (χ0v) is 63.2. The molecule has 4 aromatic carbocycles. The van der Waals surface area contributed by atoms with Crippen molar-refractivity contribution in [2.45, 2.75) is 185 Å². The minimum Gasteiger partial charge on any atom is -0.478 e. The molecule has 0 saturated carbocycles. The number of aryl methyl sites for hydroxylation is 1. The van der Waals surface area contributed by atoms with Crippen LogP contribution in [0, 0.1) is 35.3 Å². The zero-order valence-electron chi connectivity index (χ0n) is 61.5. The number of carbonyl (C=O) groups is 2. The molecule has 5 heterocycles. The van der Waals surface area contributed by atoms with E-state index in [-0.39, 0.29) is 46.2 Å². The summed E-state index contributed by atoms with van der Waals surface area (Å²) in [5.41, 5.74) is 15.6. The average Bonchev–Trinajstić information content (AvgIpc) is 1.71. The van der Waals surface area contributed by atoms with Crippen LogP contribution < -0.4 is 50.2 Å². The number of amides is 1. The van der Waals surface area contributed by atoms with Crippen LogP contribution in [-0.2, 0) is 37.3 Å². The number of carboxylic acids is 1. The molecule has 2 atom stereocenters. The molecule has 3 fully saturated rings. The standard InChI is InChI=1S/C16H23BFNO3.C14H23N4OP.C8H6BFO4.C8H19N.C7H18N2.C7H8O3S.C4H9N.CH3F.F6P.H3N/c1-5-11(16(2,3)4)8-19-15(20)12-7-6-10-9-22-17(21)13(10)14(12)18;15-13-7-1-2-8-14(13)16-19-20(17-9-3-4-10-17)18-11-5-6-12-18;10-7-5(8(11)12)2-1-4-3-14-9(13)6(4)7;1-6-9(7(2)3)8(4)5;1-5-6(9-8)7(2,3)4;1-6-2-4-7(5-3-6)11(8,9)10;1-2-4-5-3-1;1-2;1-7(2,3,4,5)6;/h6-7,11,21H,5,8-9H2,1-4H3,(H,19,20);1-2,7-8,16H,3-6,9-12,15H2;1-2,13H,3H2,(H,11,12);7-8H,6H2,1-5H3;6,9H,5,8H2,1-4H3;2-5H,1H3,(H,8,9,10);5H,1-4H2;1H3;;1H3/q;;;;;;;;-1;/p+1/t11-;;;;6-;;;;;/m0...1...../s1/i;;;;;;;1D;;. The summed E-state index contributed by atoms with van der Waals surface area (Å²) in [7, 11) is -19.7. The minimum atomic E-state index is -10.7. The summed E-state index contributed by atoms with van der Waals surface area (Å²) in [6.07, 6.45) is 10.0. The third-order valence-corrected chi connectivity index (χ3v) is 19.3. The normalized spacial score (nSPS) is 16.4. The van der Waals surface area contributed by atoms with E-state index in [4.69, 9.17) is 26.1 Å². The van der Waals surface area contributed by atoms with Gasteiger partial charge in [0.1, 0.15) is 21.8 Å². The number of hydrogen-bond donors (Lipinski definition) is 10. The molecule has 1 amide bonds. The van der Waals surface area contributed by atoms with Crippen LogP contribution in [0.15, 0.2) is 77.7 Å². The summed E-state index contributed by atoms with van der Waals surface area (Å²) in [4.78, 5) is 25.1. The van der Waals surface area contributed by atoms with E-state index in [0.29, 0.717) is 47.1 Å². The van der Waals surface area contributed by atoms with E-state index < -0.39 is 76.8 Å². The van der Waals surface area contributed by atoms with Crippen molar-refractivity contribution in [3.63, 3.8) is 0 Å². The number of nitrogen functional groups attached to an aromatic ring is 1. The largest absolute Gasteiger partial charge is 0.494 e. The number of anilines is 2. The van der Waals surface area contributed by atoms with Crippen molar-refractivity contribution >= 4 is 74.8 Å². The molecule has 21 nitrogen and oxygen atoms in total. The Balaban J connectivity index is 0.00000117. The van der Waals surface area contributed by atoms with Crippen LogP contribution in [0.25, 0.3) is 0 Å². The van der Waals surface area contributed by atoms with Crippen molar-refractivity contribution < 1.29 is 97.2 Å². The number of alkyl halides is 1. The van der Waals surface area contributed by atoms with Gasteiger partial charge in [-0.2, -0.15) is 5.43 Å². The van der Waals surface area contributed by atoms with Gasteiger partial charge in [-0.15, -0.1) is 9.34 Å². The van der Waals surface area contributed by atoms with Crippen molar-refractivity contribution in [2.75, 3.05) is 70.7 Å². The number of benzene rings is 4. The summed E-state index contributed by atoms with van der Waals surface area (Å²) < 4.78 is 155. The van der Waals surface area contributed by atoms with E-state index in [1.807, 2.05) is 31.2 Å². The van der Waals surface area contributed by atoms with Crippen LogP contribution in [-0.4, -0.2) is 146 Å². The molecule has 0 unspecified atom stereocenters. The Kier molecular flexibility index (Phi) is 40.5. The molecule has 4 aromatic rings. The second kappa shape index (κ2) is 43.5. The van der Waals surface area contributed by atoms with Gasteiger partial charge in [0.15, 0.2) is 0 Å². The molecule has 0 aliphatic carbocycles. The van der Waals surface area contributed by atoms with Crippen LogP contribution >= 0.6 is 16.3 Å². The van der Waals surface area contributed by atoms with Gasteiger partial charge in [-0.1, -0.05) is 115 Å². The van der Waals surface area contributed by atoms with Crippen molar-refractivity contribution in [1.29, 1.82) is 0 Å². The Morgan fingerprint density at radius 3 is 1.52 bits per heavy atom. The Hall–Kier alpha value is -4.79. The molecule has 574 valence electrons. The molecule has 35 heteroatoms. The number of para-hydroxylation sites is 2. The number of rotatable bonds is 16. The van der Waals surface area contributed by atoms with E-state index >= 15 is 0 Å². The molecule has 0 spiro atoms. The van der Waals surface area contributed by atoms with Crippen LogP contribution in [0.4, 0.5) is 49.7 Å². The number of nitrogens with zero attached hydrogens (tertiary/aromatic N) is 3. The molecule has 0 radical (unpaired) electrons. The molecule has 100 heavy (non-hydrogen) atoms. The molecule has 5 aliphatic rings. The van der Waals surface area contributed by atoms with Crippen molar-refractivity contribution in [3.05, 3.63) is 112 Å². The van der Waals surface area contributed by atoms with Crippen LogP contribution in [0.2, 0.25) is 0 Å². The number of nitrogens with one attached hydrogen (secondary N) is 4. The first-order chi connectivity index (χ1) is 46.2. The number of fused-ring (bicyclic) bond motifs is 2. The Morgan fingerprint density at radius 1 is 0.770 bits per heavy atom. The summed E-state index contributed by atoms with van der Waals surface area (Å²) in [6, 6.07) is 21.1. The summed E-state index contributed by atoms with van der Waals surface area (Å²) in [6.45, 7) is 39.3. The first-order valence-electron chi connectivity index (χ1n) is 33.7. The Morgan fingerprint density at radius 2 is 1.20 bits per heavy atom. The second-order valence-electron chi connectivity index (χ2n) is 26.5. The van der Waals surface area contributed by atoms with Gasteiger partial charge in [-0.3, -0.25) is 19.9 Å². The van der Waals surface area contributed by atoms with Crippen molar-refractivity contribution in [3.8, 4) is 0 Å². The van der Waals surface area contributed by atoms with Gasteiger partial charge in [0, 0.05) is 55.7 Å². The van der Waals surface area contributed by atoms with Gasteiger partial charge in [-0.25, -0.2) is 27.5 Å². The van der Waals surface area contributed by atoms with E-state index in [1.54, 1.807) is 18.2 Å². The summed E-state index contributed by atoms with van der Waals surface area (Å²) >= 11 is 0. The van der Waals surface area contributed by atoms with E-state index in [9.17, 15) is 71.0 Å². The molecule has 15 N–H and O–H groups in total. The summed E-state index contributed by atoms with van der Waals surface area (Å²) in [5.74, 6) is 0.561. The summed E-state index contributed by atoms with van der Waals surface area (Å²) in [5, 5.41) is 33.5. The third-order valence-electron chi connectivity index (χ3n) is 16.2. The maximum Gasteiger partial charge on any atom is 0.494 e. The van der Waals surface area contributed by atoms with Gasteiger partial charge in [0.05, 0.1) is 55.2 Å². The third kappa shape index (κ3) is 36.6. The van der Waals surface area contributed by atoms with Crippen molar-refractivity contribution in [2.24, 2.45) is 16.7 Å². The van der Waals surface area contributed by atoms with E-state index in [0.717, 1.165) is 68.6 Å². The predicted molar refractivity (Wildman–Crippen MR) is 385 cm³/mol. The fourth-order valence-electron chi connectivity index (χ4n) is 10.8. The fourth-order valence-corrected chi connectivity index (χ4v) is 13.6. The van der Waals surface area contributed by atoms with Crippen molar-refractivity contribution in [1.82, 2.24) is 36.5 Å². The average molecular weight is 1500 g/mol. The first kappa shape index (κ1) is 93.2. The zero-order chi connectivity index (χ0) is 76.6. The topological polar surface area (TPSA) is 326 Å². The first-order valence-corrected chi connectivity index (χ1v) is 37.7. The molecule has 9 rings (SSSR count). The smallest absolute Gasteiger partial charge is 0.478 e. The van der Waals surface area contributed by atoms with E-state index in [1.165, 1.54) is 75.9 Å². The number of carboxylic acid groups (broad SMARTS) is 1. The molecule has 0 bridgehead atoms. The maximum atomic E-state index is 14.4. The molecular weight excluding hydrogens is 1380 g/mol. The quantitative estimate of drug-likeness (QED) is 0.0124. The molecule has 5 aliphatic heterocycles. The van der Waals surface area contributed by atoms with Gasteiger partial charge in [0.2, 0.25) is 0 Å². The molecule has 3 saturated heterocycles. The Labute approximate surface area is 590 Å². The van der Waals surface area contributed by atoms with Gasteiger partial charge < -0.3 is 51.5 Å².